The summed E-state index contributed by atoms with van der Waals surface area (Å²) in [5, 5.41) is 15.7. The Balaban J connectivity index is 0.00000128. The standard InChI is InChI=1S/C26H26ClF3N10O2.CH2O2/c27-19-11-16(1-2-17(19)24(41)37-7-9-38(10-8-37)25(42)39-5-3-15(31)14-39)35-22-23-33-13-20(40(23)6-4-32-22)18-12-34-36-21(18)26(28,29)30;2-1-3/h1-2,4,6,11-13,15H,3,5,7-10,14,31H2,(H,32,35)(H,34,36);1H,(H,2,3)/t15-;/m1./s1. The third-order valence-corrected chi connectivity index (χ3v) is 7.73. The summed E-state index contributed by atoms with van der Waals surface area (Å²) in [7, 11) is 0. The lowest BCUT2D eigenvalue weighted by atomic mass is 10.1. The van der Waals surface area contributed by atoms with E-state index < -0.39 is 11.9 Å². The van der Waals surface area contributed by atoms with Crippen molar-refractivity contribution in [2.75, 3.05) is 44.6 Å². The van der Waals surface area contributed by atoms with E-state index in [4.69, 9.17) is 27.2 Å². The molecule has 2 saturated heterocycles. The highest BCUT2D eigenvalue weighted by Gasteiger charge is 2.37. The number of H-pyrrole nitrogens is 1. The Kier molecular flexibility index (Phi) is 9.10. The van der Waals surface area contributed by atoms with Gasteiger partial charge in [-0.3, -0.25) is 19.1 Å². The summed E-state index contributed by atoms with van der Waals surface area (Å²) in [6, 6.07) is 4.77. The molecule has 238 valence electrons. The number of hydrogen-bond acceptors (Lipinski definition) is 8. The van der Waals surface area contributed by atoms with E-state index in [1.165, 1.54) is 23.0 Å². The summed E-state index contributed by atoms with van der Waals surface area (Å²) >= 11 is 6.51. The molecule has 0 spiro atoms. The lowest BCUT2D eigenvalue weighted by Gasteiger charge is -2.36. The summed E-state index contributed by atoms with van der Waals surface area (Å²) in [5.41, 5.74) is 6.06. The van der Waals surface area contributed by atoms with Crippen molar-refractivity contribution < 1.29 is 32.7 Å². The summed E-state index contributed by atoms with van der Waals surface area (Å²) < 4.78 is 41.7. The molecule has 1 atom stereocenters. The second-order valence-corrected chi connectivity index (χ2v) is 10.7. The molecule has 5 heterocycles. The van der Waals surface area contributed by atoms with Crippen molar-refractivity contribution in [3.8, 4) is 11.3 Å². The largest absolute Gasteiger partial charge is 0.483 e. The molecule has 6 rings (SSSR count). The SMILES string of the molecule is N[C@@H]1CCN(C(=O)N2CCN(C(=O)c3ccc(Nc4nccn5c(-c6cn[nH]c6C(F)(F)F)cnc45)cc3Cl)CC2)C1.O=CO. The number of rotatable bonds is 4. The van der Waals surface area contributed by atoms with Gasteiger partial charge in [0, 0.05) is 63.4 Å². The van der Waals surface area contributed by atoms with Crippen LogP contribution >= 0.6 is 11.6 Å². The van der Waals surface area contributed by atoms with E-state index in [2.05, 4.69) is 20.4 Å². The molecule has 2 aliphatic rings. The van der Waals surface area contributed by atoms with Crippen LogP contribution in [0.25, 0.3) is 16.9 Å². The number of imidazole rings is 1. The van der Waals surface area contributed by atoms with Crippen LogP contribution in [-0.2, 0) is 11.0 Å². The van der Waals surface area contributed by atoms with Crippen molar-refractivity contribution >= 4 is 47.2 Å². The minimum atomic E-state index is -4.62. The van der Waals surface area contributed by atoms with Gasteiger partial charge >= 0.3 is 12.2 Å². The van der Waals surface area contributed by atoms with E-state index in [-0.39, 0.29) is 52.2 Å². The van der Waals surface area contributed by atoms with Crippen LogP contribution in [0.5, 0.6) is 0 Å². The average Bonchev–Trinajstić information content (AvgIpc) is 3.77. The third kappa shape index (κ3) is 6.63. The van der Waals surface area contributed by atoms with E-state index >= 15 is 0 Å². The van der Waals surface area contributed by atoms with Crippen LogP contribution < -0.4 is 11.1 Å². The summed E-state index contributed by atoms with van der Waals surface area (Å²) in [4.78, 5) is 48.0. The number of likely N-dealkylation sites (tertiary alicyclic amines) is 1. The number of hydrogen-bond donors (Lipinski definition) is 4. The number of nitrogens with two attached hydrogens (primary N) is 1. The fraction of sp³-hybridized carbons (Fsp3) is 0.333. The number of aromatic amines is 1. The number of nitrogens with one attached hydrogen (secondary N) is 2. The average molecular weight is 649 g/mol. The van der Waals surface area contributed by atoms with Gasteiger partial charge in [0.1, 0.15) is 5.69 Å². The molecule has 5 N–H and O–H groups in total. The van der Waals surface area contributed by atoms with Crippen LogP contribution in [0.15, 0.2) is 43.0 Å². The predicted molar refractivity (Wildman–Crippen MR) is 156 cm³/mol. The topological polar surface area (TPSA) is 178 Å². The fourth-order valence-corrected chi connectivity index (χ4v) is 5.50. The zero-order chi connectivity index (χ0) is 32.3. The molecule has 2 aliphatic heterocycles. The van der Waals surface area contributed by atoms with Crippen molar-refractivity contribution in [3.05, 3.63) is 59.3 Å². The number of carbonyl (C=O) groups is 3. The van der Waals surface area contributed by atoms with Crippen LogP contribution in [0.2, 0.25) is 5.02 Å². The van der Waals surface area contributed by atoms with E-state index in [1.807, 2.05) is 5.10 Å². The van der Waals surface area contributed by atoms with Crippen molar-refractivity contribution in [1.29, 1.82) is 0 Å². The van der Waals surface area contributed by atoms with Gasteiger partial charge in [-0.25, -0.2) is 14.8 Å². The Morgan fingerprint density at radius 3 is 2.44 bits per heavy atom. The van der Waals surface area contributed by atoms with E-state index in [0.717, 1.165) is 12.6 Å². The maximum absolute atomic E-state index is 13.4. The lowest BCUT2D eigenvalue weighted by Crippen LogP contribution is -2.54. The van der Waals surface area contributed by atoms with Crippen LogP contribution in [0.4, 0.5) is 29.5 Å². The number of carbonyl (C=O) groups excluding carboxylic acids is 2. The minimum Gasteiger partial charge on any atom is -0.483 e. The molecular weight excluding hydrogens is 621 g/mol. The number of alkyl halides is 3. The molecule has 0 bridgehead atoms. The van der Waals surface area contributed by atoms with Crippen LogP contribution in [-0.4, -0.2) is 108 Å². The van der Waals surface area contributed by atoms with Gasteiger partial charge in [-0.15, -0.1) is 0 Å². The molecule has 0 aliphatic carbocycles. The first-order valence-corrected chi connectivity index (χ1v) is 14.1. The van der Waals surface area contributed by atoms with E-state index in [9.17, 15) is 22.8 Å². The molecule has 3 aromatic heterocycles. The molecule has 1 aromatic carbocycles. The van der Waals surface area contributed by atoms with Gasteiger partial charge in [-0.05, 0) is 24.6 Å². The first-order valence-electron chi connectivity index (χ1n) is 13.7. The Morgan fingerprint density at radius 2 is 1.80 bits per heavy atom. The van der Waals surface area contributed by atoms with Crippen molar-refractivity contribution in [3.63, 3.8) is 0 Å². The number of amides is 3. The highest BCUT2D eigenvalue weighted by Crippen LogP contribution is 2.36. The third-order valence-electron chi connectivity index (χ3n) is 7.42. The van der Waals surface area contributed by atoms with Crippen molar-refractivity contribution in [2.45, 2.75) is 18.6 Å². The maximum Gasteiger partial charge on any atom is 0.433 e. The summed E-state index contributed by atoms with van der Waals surface area (Å²) in [6.45, 7) is 2.52. The molecular formula is C27H28ClF3N10O4. The fourth-order valence-electron chi connectivity index (χ4n) is 5.24. The van der Waals surface area contributed by atoms with E-state index in [1.54, 1.807) is 32.9 Å². The van der Waals surface area contributed by atoms with Crippen LogP contribution in [0.3, 0.4) is 0 Å². The number of urea groups is 1. The van der Waals surface area contributed by atoms with Gasteiger partial charge in [-0.1, -0.05) is 11.6 Å². The Morgan fingerprint density at radius 1 is 1.09 bits per heavy atom. The second kappa shape index (κ2) is 13.0. The number of fused-ring (bicyclic) bond motifs is 1. The Hall–Kier alpha value is -4.90. The summed E-state index contributed by atoms with van der Waals surface area (Å²) in [6.07, 6.45) is 1.50. The number of halogens is 4. The number of aromatic nitrogens is 5. The van der Waals surface area contributed by atoms with Crippen molar-refractivity contribution in [2.24, 2.45) is 5.73 Å². The molecule has 2 fully saturated rings. The maximum atomic E-state index is 13.4. The molecule has 45 heavy (non-hydrogen) atoms. The number of benzene rings is 1. The van der Waals surface area contributed by atoms with Crippen LogP contribution in [0, 0.1) is 0 Å². The minimum absolute atomic E-state index is 0.00544. The second-order valence-electron chi connectivity index (χ2n) is 10.3. The highest BCUT2D eigenvalue weighted by atomic mass is 35.5. The summed E-state index contributed by atoms with van der Waals surface area (Å²) in [5.74, 6) is 0.0243. The number of anilines is 2. The molecule has 4 aromatic rings. The number of carboxylic acid groups (broad SMARTS) is 1. The molecule has 0 radical (unpaired) electrons. The number of piperazine rings is 1. The quantitative estimate of drug-likeness (QED) is 0.242. The van der Waals surface area contributed by atoms with Gasteiger partial charge in [0.05, 0.1) is 34.2 Å². The first kappa shape index (κ1) is 31.5. The number of nitrogens with zero attached hydrogens (tertiary/aromatic N) is 7. The molecule has 18 heteroatoms. The predicted octanol–water partition coefficient (Wildman–Crippen LogP) is 3.15. The molecule has 0 unspecified atom stereocenters. The van der Waals surface area contributed by atoms with E-state index in [0.29, 0.717) is 50.5 Å². The van der Waals surface area contributed by atoms with Gasteiger partial charge < -0.3 is 30.9 Å². The normalized spacial score (nSPS) is 16.8. The Labute approximate surface area is 258 Å². The smallest absolute Gasteiger partial charge is 0.433 e. The van der Waals surface area contributed by atoms with Crippen molar-refractivity contribution in [1.82, 2.24) is 39.3 Å². The van der Waals surface area contributed by atoms with Crippen LogP contribution in [0.1, 0.15) is 22.5 Å². The van der Waals surface area contributed by atoms with Gasteiger partial charge in [0.25, 0.3) is 12.4 Å². The highest BCUT2D eigenvalue weighted by molar-refractivity contribution is 6.34. The van der Waals surface area contributed by atoms with Gasteiger partial charge in [0.15, 0.2) is 11.5 Å². The monoisotopic (exact) mass is 648 g/mol. The lowest BCUT2D eigenvalue weighted by molar-refractivity contribution is -0.140. The zero-order valence-electron chi connectivity index (χ0n) is 23.5. The molecule has 0 saturated carbocycles. The zero-order valence-corrected chi connectivity index (χ0v) is 24.3. The molecule has 14 nitrogen and oxygen atoms in total. The van der Waals surface area contributed by atoms with Gasteiger partial charge in [0.2, 0.25) is 0 Å². The van der Waals surface area contributed by atoms with Gasteiger partial charge in [-0.2, -0.15) is 18.3 Å². The Bertz CT molecular complexity index is 1700. The first-order chi connectivity index (χ1) is 21.5. The molecule has 3 amide bonds.